The van der Waals surface area contributed by atoms with E-state index in [1.807, 2.05) is 18.2 Å². The first kappa shape index (κ1) is 16.5. The maximum Gasteiger partial charge on any atom is 0.121 e. The fraction of sp³-hybridized carbons (Fsp3) is 0.333. The van der Waals surface area contributed by atoms with Gasteiger partial charge in [0.2, 0.25) is 0 Å². The SMILES string of the molecule is CCc1ccc(OCCCCOc2ccc(Cl)c(N)c2)cc1. The van der Waals surface area contributed by atoms with Crippen LogP contribution in [0.4, 0.5) is 5.69 Å². The molecule has 0 aliphatic rings. The minimum Gasteiger partial charge on any atom is -0.494 e. The van der Waals surface area contributed by atoms with Crippen molar-refractivity contribution in [3.63, 3.8) is 0 Å². The van der Waals surface area contributed by atoms with Crippen molar-refractivity contribution in [2.45, 2.75) is 26.2 Å². The van der Waals surface area contributed by atoms with Crippen molar-refractivity contribution in [3.8, 4) is 11.5 Å². The Morgan fingerprint density at radius 1 is 0.909 bits per heavy atom. The lowest BCUT2D eigenvalue weighted by molar-refractivity contribution is 0.266. The number of halogens is 1. The van der Waals surface area contributed by atoms with Gasteiger partial charge in [0.1, 0.15) is 11.5 Å². The molecule has 0 saturated carbocycles. The van der Waals surface area contributed by atoms with Crippen LogP contribution >= 0.6 is 11.6 Å². The molecule has 2 N–H and O–H groups in total. The van der Waals surface area contributed by atoms with E-state index in [-0.39, 0.29) is 0 Å². The Bertz CT molecular complexity index is 584. The second kappa shape index (κ2) is 8.54. The van der Waals surface area contributed by atoms with Crippen molar-refractivity contribution in [2.24, 2.45) is 0 Å². The number of hydrogen-bond acceptors (Lipinski definition) is 3. The molecule has 22 heavy (non-hydrogen) atoms. The van der Waals surface area contributed by atoms with Crippen LogP contribution in [0.5, 0.6) is 11.5 Å². The summed E-state index contributed by atoms with van der Waals surface area (Å²) >= 11 is 5.86. The highest BCUT2D eigenvalue weighted by Crippen LogP contribution is 2.23. The van der Waals surface area contributed by atoms with Crippen LogP contribution in [-0.4, -0.2) is 13.2 Å². The van der Waals surface area contributed by atoms with Gasteiger partial charge < -0.3 is 15.2 Å². The number of anilines is 1. The first-order valence-electron chi connectivity index (χ1n) is 7.58. The second-order valence-corrected chi connectivity index (χ2v) is 5.49. The fourth-order valence-corrected chi connectivity index (χ4v) is 2.13. The summed E-state index contributed by atoms with van der Waals surface area (Å²) in [5, 5.41) is 0.551. The molecule has 118 valence electrons. The summed E-state index contributed by atoms with van der Waals surface area (Å²) in [5.41, 5.74) is 7.59. The van der Waals surface area contributed by atoms with Gasteiger partial charge in [0.15, 0.2) is 0 Å². The Labute approximate surface area is 137 Å². The molecule has 3 nitrogen and oxygen atoms in total. The predicted molar refractivity (Wildman–Crippen MR) is 91.9 cm³/mol. The molecule has 0 heterocycles. The van der Waals surface area contributed by atoms with Gasteiger partial charge in [-0.25, -0.2) is 0 Å². The number of aryl methyl sites for hydroxylation is 1. The molecule has 0 unspecified atom stereocenters. The molecule has 0 atom stereocenters. The zero-order valence-corrected chi connectivity index (χ0v) is 13.6. The highest BCUT2D eigenvalue weighted by atomic mass is 35.5. The molecule has 4 heteroatoms. The van der Waals surface area contributed by atoms with Crippen molar-refractivity contribution < 1.29 is 9.47 Å². The van der Waals surface area contributed by atoms with E-state index in [0.29, 0.717) is 23.9 Å². The Morgan fingerprint density at radius 2 is 1.50 bits per heavy atom. The number of nitrogens with two attached hydrogens (primary N) is 1. The van der Waals surface area contributed by atoms with E-state index in [1.165, 1.54) is 5.56 Å². The van der Waals surface area contributed by atoms with E-state index in [4.69, 9.17) is 26.8 Å². The average Bonchev–Trinajstić information content (AvgIpc) is 2.54. The van der Waals surface area contributed by atoms with Gasteiger partial charge in [-0.2, -0.15) is 0 Å². The Kier molecular flexibility index (Phi) is 6.41. The van der Waals surface area contributed by atoms with Gasteiger partial charge in [0.05, 0.1) is 23.9 Å². The number of rotatable bonds is 8. The van der Waals surface area contributed by atoms with Crippen molar-refractivity contribution in [2.75, 3.05) is 18.9 Å². The summed E-state index contributed by atoms with van der Waals surface area (Å²) in [6, 6.07) is 13.6. The molecule has 0 aromatic heterocycles. The third kappa shape index (κ3) is 5.15. The minimum atomic E-state index is 0.540. The van der Waals surface area contributed by atoms with E-state index in [9.17, 15) is 0 Å². The first-order valence-corrected chi connectivity index (χ1v) is 7.96. The molecule has 0 spiro atoms. The lowest BCUT2D eigenvalue weighted by atomic mass is 10.2. The van der Waals surface area contributed by atoms with Crippen molar-refractivity contribution in [1.82, 2.24) is 0 Å². The molecule has 0 fully saturated rings. The molecule has 2 aromatic rings. The molecule has 0 radical (unpaired) electrons. The zero-order chi connectivity index (χ0) is 15.8. The molecular formula is C18H22ClNO2. The monoisotopic (exact) mass is 319 g/mol. The third-order valence-electron chi connectivity index (χ3n) is 3.38. The molecule has 2 aromatic carbocycles. The standard InChI is InChI=1S/C18H22ClNO2/c1-2-14-5-7-15(8-6-14)21-11-3-4-12-22-16-9-10-17(19)18(20)13-16/h5-10,13H,2-4,11-12,20H2,1H3. The molecule has 0 aliphatic heterocycles. The molecule has 0 aliphatic carbocycles. The molecular weight excluding hydrogens is 298 g/mol. The van der Waals surface area contributed by atoms with Crippen molar-refractivity contribution in [3.05, 3.63) is 53.1 Å². The number of ether oxygens (including phenoxy) is 2. The van der Waals surface area contributed by atoms with Gasteiger partial charge in [-0.1, -0.05) is 30.7 Å². The van der Waals surface area contributed by atoms with E-state index in [1.54, 1.807) is 12.1 Å². The average molecular weight is 320 g/mol. The summed E-state index contributed by atoms with van der Waals surface area (Å²) in [5.74, 6) is 1.67. The van der Waals surface area contributed by atoms with E-state index < -0.39 is 0 Å². The van der Waals surface area contributed by atoms with Crippen molar-refractivity contribution in [1.29, 1.82) is 0 Å². The summed E-state index contributed by atoms with van der Waals surface area (Å²) in [4.78, 5) is 0. The topological polar surface area (TPSA) is 44.5 Å². The summed E-state index contributed by atoms with van der Waals surface area (Å²) in [6.45, 7) is 3.47. The van der Waals surface area contributed by atoms with Crippen LogP contribution in [0.25, 0.3) is 0 Å². The third-order valence-corrected chi connectivity index (χ3v) is 3.72. The largest absolute Gasteiger partial charge is 0.494 e. The van der Waals surface area contributed by atoms with Crippen LogP contribution in [0.2, 0.25) is 5.02 Å². The van der Waals surface area contributed by atoms with Gasteiger partial charge >= 0.3 is 0 Å². The first-order chi connectivity index (χ1) is 10.7. The van der Waals surface area contributed by atoms with Crippen LogP contribution in [0, 0.1) is 0 Å². The molecule has 2 rings (SSSR count). The Balaban J connectivity index is 1.61. The fourth-order valence-electron chi connectivity index (χ4n) is 2.02. The van der Waals surface area contributed by atoms with Crippen LogP contribution in [0.15, 0.2) is 42.5 Å². The maximum atomic E-state index is 5.86. The van der Waals surface area contributed by atoms with E-state index >= 15 is 0 Å². The summed E-state index contributed by atoms with van der Waals surface area (Å²) < 4.78 is 11.3. The highest BCUT2D eigenvalue weighted by molar-refractivity contribution is 6.33. The maximum absolute atomic E-state index is 5.86. The predicted octanol–water partition coefficient (Wildman–Crippen LogP) is 4.72. The summed E-state index contributed by atoms with van der Waals surface area (Å²) in [6.07, 6.45) is 2.92. The Morgan fingerprint density at radius 3 is 2.09 bits per heavy atom. The normalized spacial score (nSPS) is 10.5. The van der Waals surface area contributed by atoms with Gasteiger partial charge in [-0.3, -0.25) is 0 Å². The lowest BCUT2D eigenvalue weighted by Crippen LogP contribution is -2.03. The van der Waals surface area contributed by atoms with Gasteiger partial charge in [0, 0.05) is 6.07 Å². The molecule has 0 amide bonds. The molecule has 0 saturated heterocycles. The van der Waals surface area contributed by atoms with Gasteiger partial charge in [-0.15, -0.1) is 0 Å². The second-order valence-electron chi connectivity index (χ2n) is 5.08. The quantitative estimate of drug-likeness (QED) is 0.565. The van der Waals surface area contributed by atoms with E-state index in [0.717, 1.165) is 30.8 Å². The number of nitrogen functional groups attached to an aromatic ring is 1. The van der Waals surface area contributed by atoms with E-state index in [2.05, 4.69) is 19.1 Å². The lowest BCUT2D eigenvalue weighted by Gasteiger charge is -2.09. The molecule has 0 bridgehead atoms. The number of unbranched alkanes of at least 4 members (excludes halogenated alkanes) is 1. The van der Waals surface area contributed by atoms with Crippen LogP contribution in [0.3, 0.4) is 0 Å². The zero-order valence-electron chi connectivity index (χ0n) is 12.8. The van der Waals surface area contributed by atoms with Crippen LogP contribution < -0.4 is 15.2 Å². The smallest absolute Gasteiger partial charge is 0.121 e. The van der Waals surface area contributed by atoms with Gasteiger partial charge in [-0.05, 0) is 49.1 Å². The Hall–Kier alpha value is -1.87. The summed E-state index contributed by atoms with van der Waals surface area (Å²) in [7, 11) is 0. The number of benzene rings is 2. The van der Waals surface area contributed by atoms with Crippen LogP contribution in [0.1, 0.15) is 25.3 Å². The minimum absolute atomic E-state index is 0.540. The number of hydrogen-bond donors (Lipinski definition) is 1. The van der Waals surface area contributed by atoms with Crippen molar-refractivity contribution >= 4 is 17.3 Å². The van der Waals surface area contributed by atoms with Gasteiger partial charge in [0.25, 0.3) is 0 Å². The highest BCUT2D eigenvalue weighted by Gasteiger charge is 1.99. The van der Waals surface area contributed by atoms with Crippen LogP contribution in [-0.2, 0) is 6.42 Å².